The van der Waals surface area contributed by atoms with Crippen molar-refractivity contribution < 1.29 is 29.2 Å². The van der Waals surface area contributed by atoms with Gasteiger partial charge in [0.15, 0.2) is 14.6 Å². The Bertz CT molecular complexity index is 347. The third kappa shape index (κ3) is 4.28. The van der Waals surface area contributed by atoms with E-state index >= 15 is 0 Å². The molecule has 0 aromatic heterocycles. The molecule has 0 saturated carbocycles. The largest absolute Gasteiger partial charge is 0.414 e. The molecule has 0 aromatic carbocycles. The molecule has 0 aliphatic carbocycles. The number of aliphatic hydroxyl groups excluding tert-OH is 3. The van der Waals surface area contributed by atoms with E-state index in [4.69, 9.17) is 13.9 Å². The van der Waals surface area contributed by atoms with Crippen LogP contribution in [0.5, 0.6) is 0 Å². The summed E-state index contributed by atoms with van der Waals surface area (Å²) in [5, 5.41) is 29.8. The lowest BCUT2D eigenvalue weighted by atomic mass is 9.99. The van der Waals surface area contributed by atoms with Gasteiger partial charge in [0.1, 0.15) is 24.4 Å². The molecule has 0 aromatic rings. The molecule has 1 fully saturated rings. The quantitative estimate of drug-likeness (QED) is 0.606. The van der Waals surface area contributed by atoms with Gasteiger partial charge in [-0.1, -0.05) is 27.2 Å². The first kappa shape index (κ1) is 20.0. The van der Waals surface area contributed by atoms with Crippen LogP contribution in [0.4, 0.5) is 0 Å². The molecular formula is C15H32O6Si. The Labute approximate surface area is 134 Å². The van der Waals surface area contributed by atoms with Crippen LogP contribution in [0.1, 0.15) is 33.6 Å². The van der Waals surface area contributed by atoms with Crippen LogP contribution in [0, 0.1) is 0 Å². The van der Waals surface area contributed by atoms with Gasteiger partial charge in [-0.15, -0.1) is 0 Å². The molecule has 22 heavy (non-hydrogen) atoms. The molecule has 0 radical (unpaired) electrons. The van der Waals surface area contributed by atoms with E-state index in [0.717, 1.165) is 12.8 Å². The molecule has 132 valence electrons. The van der Waals surface area contributed by atoms with E-state index in [1.165, 1.54) is 7.11 Å². The van der Waals surface area contributed by atoms with Crippen LogP contribution < -0.4 is 0 Å². The Morgan fingerprint density at radius 2 is 1.68 bits per heavy atom. The van der Waals surface area contributed by atoms with Crippen LogP contribution in [0.15, 0.2) is 0 Å². The van der Waals surface area contributed by atoms with E-state index in [1.54, 1.807) is 0 Å². The predicted molar refractivity (Wildman–Crippen MR) is 86.1 cm³/mol. The Hall–Kier alpha value is -0.0231. The van der Waals surface area contributed by atoms with E-state index in [9.17, 15) is 15.3 Å². The van der Waals surface area contributed by atoms with Crippen LogP contribution in [-0.4, -0.2) is 68.1 Å². The van der Waals surface area contributed by atoms with Gasteiger partial charge in [0.25, 0.3) is 0 Å². The van der Waals surface area contributed by atoms with Gasteiger partial charge < -0.3 is 29.2 Å². The monoisotopic (exact) mass is 336 g/mol. The second kappa shape index (κ2) is 7.70. The highest BCUT2D eigenvalue weighted by Crippen LogP contribution is 2.42. The fourth-order valence-corrected chi connectivity index (χ4v) is 4.48. The molecule has 0 unspecified atom stereocenters. The first-order valence-electron chi connectivity index (χ1n) is 7.93. The standard InChI is InChI=1S/C15H32O6Si/c1-7-8-15(2,3)22(5,6)20-9-10-11(16)12(17)13(18)14(19-4)21-10/h10-14,16-18H,7-9H2,1-6H3/t10-,11-,12+,13-,14+/m1/s1. The first-order valence-corrected chi connectivity index (χ1v) is 10.8. The Morgan fingerprint density at radius 1 is 1.09 bits per heavy atom. The number of ether oxygens (including phenoxy) is 2. The molecule has 1 aliphatic rings. The summed E-state index contributed by atoms with van der Waals surface area (Å²) < 4.78 is 16.7. The van der Waals surface area contributed by atoms with Crippen molar-refractivity contribution >= 4 is 8.32 Å². The summed E-state index contributed by atoms with van der Waals surface area (Å²) in [7, 11) is -0.625. The zero-order valence-electron chi connectivity index (χ0n) is 14.6. The number of aliphatic hydroxyl groups is 3. The third-order valence-corrected chi connectivity index (χ3v) is 9.41. The molecule has 7 heteroatoms. The average molecular weight is 337 g/mol. The van der Waals surface area contributed by atoms with Gasteiger partial charge in [-0.3, -0.25) is 0 Å². The number of rotatable bonds is 7. The molecule has 0 spiro atoms. The fraction of sp³-hybridized carbons (Fsp3) is 1.00. The number of hydrogen-bond acceptors (Lipinski definition) is 6. The van der Waals surface area contributed by atoms with Crippen molar-refractivity contribution in [3.05, 3.63) is 0 Å². The molecule has 1 aliphatic heterocycles. The maximum atomic E-state index is 10.1. The van der Waals surface area contributed by atoms with Crippen molar-refractivity contribution in [1.82, 2.24) is 0 Å². The van der Waals surface area contributed by atoms with Crippen molar-refractivity contribution in [3.63, 3.8) is 0 Å². The smallest absolute Gasteiger partial charge is 0.192 e. The Morgan fingerprint density at radius 3 is 2.18 bits per heavy atom. The number of hydrogen-bond donors (Lipinski definition) is 3. The lowest BCUT2D eigenvalue weighted by molar-refractivity contribution is -0.293. The van der Waals surface area contributed by atoms with Gasteiger partial charge in [-0.2, -0.15) is 0 Å². The van der Waals surface area contributed by atoms with Crippen molar-refractivity contribution in [1.29, 1.82) is 0 Å². The molecule has 3 N–H and O–H groups in total. The zero-order chi connectivity index (χ0) is 17.1. The normalized spacial score (nSPS) is 34.0. The van der Waals surface area contributed by atoms with Crippen molar-refractivity contribution in [3.8, 4) is 0 Å². The highest BCUT2D eigenvalue weighted by Gasteiger charge is 2.46. The van der Waals surface area contributed by atoms with Crippen LogP contribution in [-0.2, 0) is 13.9 Å². The van der Waals surface area contributed by atoms with E-state index in [2.05, 4.69) is 33.9 Å². The molecule has 1 rings (SSSR count). The predicted octanol–water partition coefficient (Wildman–Crippen LogP) is 1.24. The molecule has 0 bridgehead atoms. The fourth-order valence-electron chi connectivity index (χ4n) is 2.66. The minimum atomic E-state index is -2.01. The van der Waals surface area contributed by atoms with Gasteiger partial charge in [-0.25, -0.2) is 0 Å². The van der Waals surface area contributed by atoms with Crippen molar-refractivity contribution in [2.24, 2.45) is 0 Å². The molecule has 6 nitrogen and oxygen atoms in total. The minimum absolute atomic E-state index is 0.0974. The third-order valence-electron chi connectivity index (χ3n) is 5.01. The molecular weight excluding hydrogens is 304 g/mol. The summed E-state index contributed by atoms with van der Waals surface area (Å²) in [6.07, 6.45) is -3.28. The van der Waals surface area contributed by atoms with E-state index in [-0.39, 0.29) is 11.6 Å². The molecule has 1 heterocycles. The van der Waals surface area contributed by atoms with Gasteiger partial charge >= 0.3 is 0 Å². The summed E-state index contributed by atoms with van der Waals surface area (Å²) in [5.74, 6) is 0. The lowest BCUT2D eigenvalue weighted by Crippen LogP contribution is -2.60. The van der Waals surface area contributed by atoms with Crippen molar-refractivity contribution in [2.75, 3.05) is 13.7 Å². The number of methoxy groups -OCH3 is 1. The van der Waals surface area contributed by atoms with E-state index < -0.39 is 39.0 Å². The average Bonchev–Trinajstić information content (AvgIpc) is 2.44. The molecule has 5 atom stereocenters. The lowest BCUT2D eigenvalue weighted by Gasteiger charge is -2.43. The highest BCUT2D eigenvalue weighted by atomic mass is 28.4. The second-order valence-corrected chi connectivity index (χ2v) is 11.9. The minimum Gasteiger partial charge on any atom is -0.414 e. The Balaban J connectivity index is 2.70. The van der Waals surface area contributed by atoms with E-state index in [1.807, 2.05) is 0 Å². The Kier molecular flexibility index (Phi) is 7.01. The topological polar surface area (TPSA) is 88.4 Å². The summed E-state index contributed by atoms with van der Waals surface area (Å²) in [5.41, 5.74) is 0. The zero-order valence-corrected chi connectivity index (χ0v) is 15.6. The molecule has 1 saturated heterocycles. The van der Waals surface area contributed by atoms with E-state index in [0.29, 0.717) is 0 Å². The van der Waals surface area contributed by atoms with Gasteiger partial charge in [-0.05, 0) is 24.6 Å². The van der Waals surface area contributed by atoms with Crippen LogP contribution in [0.2, 0.25) is 18.1 Å². The summed E-state index contributed by atoms with van der Waals surface area (Å²) in [4.78, 5) is 0. The van der Waals surface area contributed by atoms with Crippen molar-refractivity contribution in [2.45, 2.75) is 82.5 Å². The van der Waals surface area contributed by atoms with Gasteiger partial charge in [0, 0.05) is 7.11 Å². The maximum Gasteiger partial charge on any atom is 0.192 e. The summed E-state index contributed by atoms with van der Waals surface area (Å²) >= 11 is 0. The van der Waals surface area contributed by atoms with Crippen LogP contribution in [0.25, 0.3) is 0 Å². The second-order valence-electron chi connectivity index (χ2n) is 7.21. The van der Waals surface area contributed by atoms with Crippen LogP contribution >= 0.6 is 0 Å². The summed E-state index contributed by atoms with van der Waals surface area (Å²) in [6.45, 7) is 11.0. The first-order chi connectivity index (χ1) is 10.1. The molecule has 0 amide bonds. The van der Waals surface area contributed by atoms with Crippen LogP contribution in [0.3, 0.4) is 0 Å². The summed E-state index contributed by atoms with van der Waals surface area (Å²) in [6, 6.07) is 0. The SMILES string of the molecule is CCCC(C)(C)[Si](C)(C)OC[C@H]1O[C@H](OC)[C@H](O)[C@@H](O)[C@@H]1O. The highest BCUT2D eigenvalue weighted by molar-refractivity contribution is 6.74. The van der Waals surface area contributed by atoms with Gasteiger partial charge in [0.05, 0.1) is 6.61 Å². The maximum absolute atomic E-state index is 10.1. The van der Waals surface area contributed by atoms with Gasteiger partial charge in [0.2, 0.25) is 0 Å².